The maximum atomic E-state index is 13.8. The molecule has 4 heteroatoms. The molecule has 0 spiro atoms. The molecule has 3 rings (SSSR count). The second kappa shape index (κ2) is 4.22. The van der Waals surface area contributed by atoms with E-state index in [-0.39, 0.29) is 5.82 Å². The van der Waals surface area contributed by atoms with Gasteiger partial charge in [0.15, 0.2) is 0 Å². The number of anilines is 1. The molecule has 2 nitrogen and oxygen atoms in total. The van der Waals surface area contributed by atoms with Crippen molar-refractivity contribution in [2.45, 2.75) is 19.3 Å². The van der Waals surface area contributed by atoms with Crippen LogP contribution in [-0.2, 0) is 0 Å². The largest absolute Gasteiger partial charge is 0.356 e. The van der Waals surface area contributed by atoms with Crippen molar-refractivity contribution in [1.82, 2.24) is 4.90 Å². The lowest BCUT2D eigenvalue weighted by Crippen LogP contribution is -2.30. The van der Waals surface area contributed by atoms with Crippen LogP contribution in [0.2, 0.25) is 5.02 Å². The Kier molecular flexibility index (Phi) is 2.71. The van der Waals surface area contributed by atoms with Gasteiger partial charge in [0.1, 0.15) is 5.82 Å². The van der Waals surface area contributed by atoms with Crippen LogP contribution in [0.3, 0.4) is 0 Å². The van der Waals surface area contributed by atoms with Gasteiger partial charge in [0, 0.05) is 23.5 Å². The number of nitrogens with zero attached hydrogens (tertiary/aromatic N) is 2. The van der Waals surface area contributed by atoms with Crippen molar-refractivity contribution in [3.05, 3.63) is 40.9 Å². The quantitative estimate of drug-likeness (QED) is 0.754. The van der Waals surface area contributed by atoms with Crippen molar-refractivity contribution < 1.29 is 4.39 Å². The number of rotatable bonds is 1. The molecule has 90 valence electrons. The predicted molar refractivity (Wildman–Crippen MR) is 67.4 cm³/mol. The summed E-state index contributed by atoms with van der Waals surface area (Å²) in [6, 6.07) is 4.84. The minimum Gasteiger partial charge on any atom is -0.356 e. The Morgan fingerprint density at radius 3 is 2.88 bits per heavy atom. The van der Waals surface area contributed by atoms with Gasteiger partial charge in [-0.3, -0.25) is 0 Å². The summed E-state index contributed by atoms with van der Waals surface area (Å²) in [6.45, 7) is 1.84. The fourth-order valence-electron chi connectivity index (χ4n) is 2.48. The molecule has 1 fully saturated rings. The highest BCUT2D eigenvalue weighted by Crippen LogP contribution is 2.31. The van der Waals surface area contributed by atoms with Crippen LogP contribution < -0.4 is 4.90 Å². The number of hydrogen-bond acceptors (Lipinski definition) is 2. The van der Waals surface area contributed by atoms with Crippen LogP contribution in [0.5, 0.6) is 0 Å². The van der Waals surface area contributed by atoms with Gasteiger partial charge >= 0.3 is 0 Å². The van der Waals surface area contributed by atoms with Crippen molar-refractivity contribution in [3.8, 4) is 0 Å². The SMILES string of the molecule is Fc1cc(Cl)ccc1N1C=C2CCCCN2C1. The molecular weight excluding hydrogens is 239 g/mol. The van der Waals surface area contributed by atoms with Gasteiger partial charge in [-0.05, 0) is 37.5 Å². The van der Waals surface area contributed by atoms with Gasteiger partial charge in [0.2, 0.25) is 0 Å². The van der Waals surface area contributed by atoms with Gasteiger partial charge in [0.25, 0.3) is 0 Å². The van der Waals surface area contributed by atoms with Crippen molar-refractivity contribution >= 4 is 17.3 Å². The first-order valence-corrected chi connectivity index (χ1v) is 6.29. The molecule has 2 heterocycles. The lowest BCUT2D eigenvalue weighted by Gasteiger charge is -2.27. The van der Waals surface area contributed by atoms with Crippen molar-refractivity contribution in [3.63, 3.8) is 0 Å². The molecular formula is C13H14ClFN2. The van der Waals surface area contributed by atoms with Gasteiger partial charge in [-0.15, -0.1) is 0 Å². The third kappa shape index (κ3) is 2.00. The molecule has 0 aromatic heterocycles. The summed E-state index contributed by atoms with van der Waals surface area (Å²) in [4.78, 5) is 4.28. The standard InChI is InChI=1S/C13H14ClFN2/c14-10-4-5-13(12(15)7-10)17-8-11-3-1-2-6-16(11)9-17/h4-5,7-8H,1-3,6,9H2. The smallest absolute Gasteiger partial charge is 0.148 e. The second-order valence-corrected chi connectivity index (χ2v) is 4.98. The topological polar surface area (TPSA) is 6.48 Å². The fourth-order valence-corrected chi connectivity index (χ4v) is 2.64. The number of benzene rings is 1. The molecule has 0 atom stereocenters. The average molecular weight is 253 g/mol. The second-order valence-electron chi connectivity index (χ2n) is 4.55. The summed E-state index contributed by atoms with van der Waals surface area (Å²) >= 11 is 5.76. The molecule has 1 aromatic carbocycles. The van der Waals surface area contributed by atoms with Crippen LogP contribution in [0.1, 0.15) is 19.3 Å². The van der Waals surface area contributed by atoms with Gasteiger partial charge in [-0.1, -0.05) is 11.6 Å². The van der Waals surface area contributed by atoms with Crippen LogP contribution in [0.4, 0.5) is 10.1 Å². The maximum Gasteiger partial charge on any atom is 0.148 e. The molecule has 17 heavy (non-hydrogen) atoms. The van der Waals surface area contributed by atoms with Crippen LogP contribution in [0.15, 0.2) is 30.1 Å². The zero-order valence-corrected chi connectivity index (χ0v) is 10.3. The zero-order chi connectivity index (χ0) is 11.8. The average Bonchev–Trinajstić information content (AvgIpc) is 2.72. The number of piperidine rings is 1. The number of fused-ring (bicyclic) bond motifs is 1. The monoisotopic (exact) mass is 252 g/mol. The van der Waals surface area contributed by atoms with Crippen molar-refractivity contribution in [2.75, 3.05) is 18.1 Å². The molecule has 2 aliphatic heterocycles. The summed E-state index contributed by atoms with van der Waals surface area (Å²) in [5, 5.41) is 0.441. The summed E-state index contributed by atoms with van der Waals surface area (Å²) in [5.41, 5.74) is 1.93. The Morgan fingerprint density at radius 1 is 1.24 bits per heavy atom. The molecule has 1 aromatic rings. The molecule has 1 saturated heterocycles. The Labute approximate surface area is 105 Å². The highest BCUT2D eigenvalue weighted by atomic mass is 35.5. The highest BCUT2D eigenvalue weighted by molar-refractivity contribution is 6.30. The van der Waals surface area contributed by atoms with Gasteiger partial charge < -0.3 is 9.80 Å². The summed E-state index contributed by atoms with van der Waals surface area (Å²) in [6.07, 6.45) is 5.63. The van der Waals surface area contributed by atoms with E-state index in [0.717, 1.165) is 19.6 Å². The van der Waals surface area contributed by atoms with E-state index < -0.39 is 0 Å². The van der Waals surface area contributed by atoms with Crippen LogP contribution in [0.25, 0.3) is 0 Å². The van der Waals surface area contributed by atoms with Crippen LogP contribution in [-0.4, -0.2) is 18.1 Å². The first-order valence-electron chi connectivity index (χ1n) is 5.91. The van der Waals surface area contributed by atoms with Gasteiger partial charge in [0.05, 0.1) is 12.4 Å². The lowest BCUT2D eigenvalue weighted by atomic mass is 10.1. The predicted octanol–water partition coefficient (Wildman–Crippen LogP) is 3.58. The van der Waals surface area contributed by atoms with Crippen LogP contribution >= 0.6 is 11.6 Å². The Morgan fingerprint density at radius 2 is 2.12 bits per heavy atom. The first-order chi connectivity index (χ1) is 8.24. The number of hydrogen-bond donors (Lipinski definition) is 0. The number of allylic oxidation sites excluding steroid dienone is 1. The molecule has 0 unspecified atom stereocenters. The van der Waals surface area contributed by atoms with E-state index in [0.29, 0.717) is 10.7 Å². The summed E-state index contributed by atoms with van der Waals surface area (Å²) < 4.78 is 13.8. The molecule has 0 bridgehead atoms. The lowest BCUT2D eigenvalue weighted by molar-refractivity contribution is 0.317. The number of halogens is 2. The van der Waals surface area contributed by atoms with E-state index >= 15 is 0 Å². The Balaban J connectivity index is 1.88. The molecule has 0 saturated carbocycles. The third-order valence-electron chi connectivity index (χ3n) is 3.36. The Bertz CT molecular complexity index is 472. The van der Waals surface area contributed by atoms with Gasteiger partial charge in [-0.25, -0.2) is 4.39 Å². The Hall–Kier alpha value is -1.22. The van der Waals surface area contributed by atoms with E-state index in [2.05, 4.69) is 11.1 Å². The van der Waals surface area contributed by atoms with Crippen molar-refractivity contribution in [2.24, 2.45) is 0 Å². The van der Waals surface area contributed by atoms with Gasteiger partial charge in [-0.2, -0.15) is 0 Å². The minimum atomic E-state index is -0.255. The minimum absolute atomic E-state index is 0.255. The molecule has 0 radical (unpaired) electrons. The van der Waals surface area contributed by atoms with E-state index in [1.807, 2.05) is 4.90 Å². The molecule has 0 amide bonds. The van der Waals surface area contributed by atoms with Crippen LogP contribution in [0, 0.1) is 5.82 Å². The van der Waals surface area contributed by atoms with E-state index in [9.17, 15) is 4.39 Å². The van der Waals surface area contributed by atoms with E-state index in [1.165, 1.54) is 24.6 Å². The van der Waals surface area contributed by atoms with Crippen molar-refractivity contribution in [1.29, 1.82) is 0 Å². The first kappa shape index (κ1) is 10.9. The fraction of sp³-hybridized carbons (Fsp3) is 0.385. The highest BCUT2D eigenvalue weighted by Gasteiger charge is 2.25. The maximum absolute atomic E-state index is 13.8. The third-order valence-corrected chi connectivity index (χ3v) is 3.60. The summed E-state index contributed by atoms with van der Waals surface area (Å²) in [5.74, 6) is -0.255. The van der Waals surface area contributed by atoms with E-state index in [1.54, 1.807) is 12.1 Å². The normalized spacial score (nSPS) is 19.3. The molecule has 0 aliphatic carbocycles. The van der Waals surface area contributed by atoms with E-state index in [4.69, 9.17) is 11.6 Å². The zero-order valence-electron chi connectivity index (χ0n) is 9.50. The summed E-state index contributed by atoms with van der Waals surface area (Å²) in [7, 11) is 0. The molecule has 0 N–H and O–H groups in total. The molecule has 2 aliphatic rings.